The summed E-state index contributed by atoms with van der Waals surface area (Å²) in [6, 6.07) is 10.2. The van der Waals surface area contributed by atoms with E-state index in [0.717, 1.165) is 24.1 Å². The van der Waals surface area contributed by atoms with Gasteiger partial charge in [-0.15, -0.1) is 11.3 Å². The highest BCUT2D eigenvalue weighted by atomic mass is 32.2. The number of anilines is 3. The van der Waals surface area contributed by atoms with Crippen molar-refractivity contribution in [1.82, 2.24) is 9.88 Å². The second-order valence-electron chi connectivity index (χ2n) is 8.99. The van der Waals surface area contributed by atoms with Crippen LogP contribution in [0.3, 0.4) is 0 Å². The number of fused-ring (bicyclic) bond motifs is 1. The number of hydrogen-bond donors (Lipinski definition) is 1. The molecule has 3 heterocycles. The van der Waals surface area contributed by atoms with Crippen molar-refractivity contribution in [1.29, 1.82) is 0 Å². The Balaban J connectivity index is 0.00000210. The van der Waals surface area contributed by atoms with E-state index in [-0.39, 0.29) is 37.1 Å². The summed E-state index contributed by atoms with van der Waals surface area (Å²) in [7, 11) is -3.79. The molecule has 2 aliphatic rings. The molecule has 37 heavy (non-hydrogen) atoms. The number of benzene rings is 2. The van der Waals surface area contributed by atoms with E-state index in [0.29, 0.717) is 25.3 Å². The molecule has 1 aromatic heterocycles. The Kier molecular flexibility index (Phi) is 6.86. The number of nitrogens with zero attached hydrogens (tertiary/aromatic N) is 4. The van der Waals surface area contributed by atoms with Crippen LogP contribution in [-0.2, 0) is 26.0 Å². The molecule has 2 aliphatic heterocycles. The third-order valence-corrected chi connectivity index (χ3v) is 8.84. The number of carbonyl (C=O) groups excluding carboxylic acids is 2. The number of piperazine rings is 1. The van der Waals surface area contributed by atoms with Crippen molar-refractivity contribution in [3.63, 3.8) is 0 Å². The highest BCUT2D eigenvalue weighted by molar-refractivity contribution is 7.93. The van der Waals surface area contributed by atoms with Gasteiger partial charge in [0.2, 0.25) is 11.8 Å². The predicted octanol–water partition coefficient (Wildman–Crippen LogP) is 3.59. The Labute approximate surface area is 221 Å². The highest BCUT2D eigenvalue weighted by Gasteiger charge is 2.34. The molecule has 198 valence electrons. The van der Waals surface area contributed by atoms with Crippen molar-refractivity contribution in [3.8, 4) is 0 Å². The quantitative estimate of drug-likeness (QED) is 0.506. The summed E-state index contributed by atoms with van der Waals surface area (Å²) >= 11 is 1.18. The number of aryl methyl sites for hydroxylation is 1. The van der Waals surface area contributed by atoms with Crippen molar-refractivity contribution in [3.05, 3.63) is 65.4 Å². The molecular weight excluding hydrogens is 517 g/mol. The molecule has 1 N–H and O–H groups in total. The molecule has 1 fully saturated rings. The second-order valence-corrected chi connectivity index (χ2v) is 11.6. The van der Waals surface area contributed by atoms with Gasteiger partial charge in [-0.3, -0.25) is 14.3 Å². The van der Waals surface area contributed by atoms with Gasteiger partial charge in [-0.2, -0.15) is 0 Å². The van der Waals surface area contributed by atoms with Crippen molar-refractivity contribution < 1.29 is 25.3 Å². The van der Waals surface area contributed by atoms with E-state index in [9.17, 15) is 22.4 Å². The van der Waals surface area contributed by atoms with Crippen LogP contribution in [0.25, 0.3) is 0 Å². The maximum Gasteiger partial charge on any atom is 0.263 e. The number of amides is 2. The number of hydrogen-bond acceptors (Lipinski definition) is 7. The third kappa shape index (κ3) is 5.16. The lowest BCUT2D eigenvalue weighted by Gasteiger charge is -2.40. The van der Waals surface area contributed by atoms with Crippen molar-refractivity contribution in [2.45, 2.75) is 30.7 Å². The monoisotopic (exact) mass is 547 g/mol. The van der Waals surface area contributed by atoms with Crippen LogP contribution in [0.5, 0.6) is 0 Å². The molecule has 0 saturated carbocycles. The molecule has 12 heteroatoms. The third-order valence-electron chi connectivity index (χ3n) is 6.67. The van der Waals surface area contributed by atoms with Gasteiger partial charge in [0.15, 0.2) is 5.13 Å². The lowest BCUT2D eigenvalue weighted by Crippen LogP contribution is -2.57. The first-order chi connectivity index (χ1) is 17.7. The average molecular weight is 548 g/mol. The Morgan fingerprint density at radius 2 is 1.95 bits per heavy atom. The fraction of sp³-hybridized carbons (Fsp3) is 0.320. The standard InChI is InChI=1S/C25H26FN5O4S2.2H2/c1-17(30-11-2-3-18-15-19(26)4-9-22(18)30)24(33)29-12-13-31(23(32)16-29)20-5-7-21(8-6-20)37(34,35)28-25-27-10-14-36-25;;/h4-10,14-15,17H,2-3,11-13,16H2,1H3,(H,27,28);2*1H/t17-;;/m1../s1. The maximum atomic E-state index is 13.7. The molecule has 1 saturated heterocycles. The van der Waals surface area contributed by atoms with E-state index < -0.39 is 16.1 Å². The van der Waals surface area contributed by atoms with E-state index in [2.05, 4.69) is 9.71 Å². The first-order valence-electron chi connectivity index (χ1n) is 11.9. The lowest BCUT2D eigenvalue weighted by molar-refractivity contribution is -0.137. The van der Waals surface area contributed by atoms with Crippen LogP contribution < -0.4 is 14.5 Å². The van der Waals surface area contributed by atoms with Gasteiger partial charge in [0, 0.05) is 45.4 Å². The minimum Gasteiger partial charge on any atom is -0.360 e. The van der Waals surface area contributed by atoms with Gasteiger partial charge in [0.05, 0.1) is 4.90 Å². The molecule has 3 aromatic rings. The minimum atomic E-state index is -3.79. The summed E-state index contributed by atoms with van der Waals surface area (Å²) in [6.45, 7) is 3.08. The largest absolute Gasteiger partial charge is 0.360 e. The lowest BCUT2D eigenvalue weighted by atomic mass is 9.99. The Morgan fingerprint density at radius 3 is 2.65 bits per heavy atom. The summed E-state index contributed by atoms with van der Waals surface area (Å²) in [5.74, 6) is -0.688. The van der Waals surface area contributed by atoms with Gasteiger partial charge >= 0.3 is 0 Å². The van der Waals surface area contributed by atoms with Crippen molar-refractivity contribution >= 4 is 49.7 Å². The summed E-state index contributed by atoms with van der Waals surface area (Å²) in [5, 5.41) is 1.94. The summed E-state index contributed by atoms with van der Waals surface area (Å²) in [4.78, 5) is 35.4. The topological polar surface area (TPSA) is 103 Å². The van der Waals surface area contributed by atoms with Crippen LogP contribution in [0.4, 0.5) is 20.9 Å². The van der Waals surface area contributed by atoms with E-state index in [1.54, 1.807) is 33.4 Å². The van der Waals surface area contributed by atoms with Gasteiger partial charge in [-0.05, 0) is 67.8 Å². The Hall–Kier alpha value is -3.51. The molecule has 2 aromatic carbocycles. The zero-order valence-corrected chi connectivity index (χ0v) is 21.8. The van der Waals surface area contributed by atoms with Crippen LogP contribution in [-0.4, -0.2) is 62.3 Å². The normalized spacial score (nSPS) is 16.9. The number of halogens is 1. The molecule has 0 aliphatic carbocycles. The fourth-order valence-electron chi connectivity index (χ4n) is 4.78. The van der Waals surface area contributed by atoms with Crippen molar-refractivity contribution in [2.75, 3.05) is 40.7 Å². The first kappa shape index (κ1) is 25.2. The first-order valence-corrected chi connectivity index (χ1v) is 14.3. The number of thiazole rings is 1. The summed E-state index contributed by atoms with van der Waals surface area (Å²) in [6.07, 6.45) is 3.10. The van der Waals surface area contributed by atoms with Crippen LogP contribution in [0.1, 0.15) is 21.8 Å². The smallest absolute Gasteiger partial charge is 0.263 e. The van der Waals surface area contributed by atoms with E-state index in [4.69, 9.17) is 0 Å². The van der Waals surface area contributed by atoms with E-state index >= 15 is 0 Å². The molecule has 0 unspecified atom stereocenters. The summed E-state index contributed by atoms with van der Waals surface area (Å²) in [5.41, 5.74) is 2.31. The van der Waals surface area contributed by atoms with E-state index in [1.807, 2.05) is 11.8 Å². The SMILES string of the molecule is C[C@H](C(=O)N1CCN(c2ccc(S(=O)(=O)Nc3nccs3)cc2)C(=O)C1)N1CCCc2cc(F)ccc21.[HH].[HH]. The molecule has 0 radical (unpaired) electrons. The van der Waals surface area contributed by atoms with Gasteiger partial charge in [-0.1, -0.05) is 0 Å². The number of aromatic nitrogens is 1. The van der Waals surface area contributed by atoms with Crippen LogP contribution in [0, 0.1) is 5.82 Å². The van der Waals surface area contributed by atoms with Gasteiger partial charge in [-0.25, -0.2) is 17.8 Å². The number of sulfonamides is 1. The fourth-order valence-corrected chi connectivity index (χ4v) is 6.57. The Bertz CT molecular complexity index is 1420. The highest BCUT2D eigenvalue weighted by Crippen LogP contribution is 2.30. The van der Waals surface area contributed by atoms with E-state index in [1.165, 1.54) is 41.8 Å². The van der Waals surface area contributed by atoms with Gasteiger partial charge < -0.3 is 14.7 Å². The predicted molar refractivity (Wildman–Crippen MR) is 144 cm³/mol. The number of rotatable bonds is 6. The second kappa shape index (κ2) is 10.1. The number of carbonyl (C=O) groups is 2. The molecular formula is C25H30FN5O4S2. The zero-order valence-electron chi connectivity index (χ0n) is 20.1. The number of nitrogens with one attached hydrogen (secondary N) is 1. The van der Waals surface area contributed by atoms with Crippen LogP contribution >= 0.6 is 11.3 Å². The average Bonchev–Trinajstić information content (AvgIpc) is 3.39. The van der Waals surface area contributed by atoms with Gasteiger partial charge in [0.1, 0.15) is 18.4 Å². The van der Waals surface area contributed by atoms with Crippen molar-refractivity contribution in [2.24, 2.45) is 0 Å². The maximum absolute atomic E-state index is 13.7. The molecule has 5 rings (SSSR count). The molecule has 0 bridgehead atoms. The zero-order chi connectivity index (χ0) is 26.2. The molecule has 1 atom stereocenters. The molecule has 0 spiro atoms. The Morgan fingerprint density at radius 1 is 1.16 bits per heavy atom. The summed E-state index contributed by atoms with van der Waals surface area (Å²) < 4.78 is 41.2. The van der Waals surface area contributed by atoms with Crippen LogP contribution in [0.15, 0.2) is 58.9 Å². The van der Waals surface area contributed by atoms with Crippen LogP contribution in [0.2, 0.25) is 0 Å². The molecule has 2 amide bonds. The van der Waals surface area contributed by atoms with Gasteiger partial charge in [0.25, 0.3) is 10.0 Å². The molecule has 9 nitrogen and oxygen atoms in total. The minimum absolute atomic E-state index is 0.